The van der Waals surface area contributed by atoms with E-state index in [9.17, 15) is 0 Å². The maximum Gasteiger partial charge on any atom is 0.164 e. The zero-order valence-electron chi connectivity index (χ0n) is 32.3. The van der Waals surface area contributed by atoms with E-state index in [1.54, 1.807) is 0 Å². The van der Waals surface area contributed by atoms with Gasteiger partial charge < -0.3 is 8.97 Å². The van der Waals surface area contributed by atoms with Crippen LogP contribution in [0.1, 0.15) is 0 Å². The molecule has 5 nitrogen and oxygen atoms in total. The Balaban J connectivity index is 1.04. The first kappa shape index (κ1) is 32.9. The number of aromatic nitrogens is 5. The fourth-order valence-corrected chi connectivity index (χ4v) is 9.48. The number of benzene rings is 9. The molecule has 4 aromatic heterocycles. The van der Waals surface area contributed by atoms with Crippen LogP contribution in [-0.4, -0.2) is 23.9 Å². The summed E-state index contributed by atoms with van der Waals surface area (Å²) in [6.07, 6.45) is 0. The van der Waals surface area contributed by atoms with E-state index < -0.39 is 0 Å². The molecule has 0 N–H and O–H groups in total. The molecule has 0 spiro atoms. The van der Waals surface area contributed by atoms with Crippen molar-refractivity contribution in [1.29, 1.82) is 0 Å². The molecular weight excluding hydrogens is 731 g/mol. The molecule has 0 amide bonds. The zero-order chi connectivity index (χ0) is 39.3. The van der Waals surface area contributed by atoms with Crippen molar-refractivity contribution in [2.24, 2.45) is 0 Å². The van der Waals surface area contributed by atoms with Gasteiger partial charge in [-0.2, -0.15) is 0 Å². The average molecular weight is 764 g/mol. The van der Waals surface area contributed by atoms with Crippen LogP contribution in [0.2, 0.25) is 0 Å². The van der Waals surface area contributed by atoms with Gasteiger partial charge in [-0.05, 0) is 64.4 Å². The van der Waals surface area contributed by atoms with Gasteiger partial charge >= 0.3 is 0 Å². The lowest BCUT2D eigenvalue weighted by atomic mass is 10.0. The van der Waals surface area contributed by atoms with Crippen LogP contribution >= 0.6 is 0 Å². The summed E-state index contributed by atoms with van der Waals surface area (Å²) >= 11 is 0. The van der Waals surface area contributed by atoms with Gasteiger partial charge in [0.15, 0.2) is 17.5 Å². The monoisotopic (exact) mass is 763 g/mol. The molecule has 0 saturated carbocycles. The van der Waals surface area contributed by atoms with Gasteiger partial charge in [0.2, 0.25) is 0 Å². The van der Waals surface area contributed by atoms with Gasteiger partial charge in [-0.15, -0.1) is 0 Å². The number of hydrogen-bond donors (Lipinski definition) is 0. The van der Waals surface area contributed by atoms with Gasteiger partial charge in [-0.1, -0.05) is 158 Å². The summed E-state index contributed by atoms with van der Waals surface area (Å²) < 4.78 is 4.89. The summed E-state index contributed by atoms with van der Waals surface area (Å²) in [4.78, 5) is 15.3. The van der Waals surface area contributed by atoms with Crippen molar-refractivity contribution in [3.8, 4) is 51.0 Å². The van der Waals surface area contributed by atoms with Crippen molar-refractivity contribution in [3.05, 3.63) is 200 Å². The molecule has 9 aromatic carbocycles. The van der Waals surface area contributed by atoms with Crippen LogP contribution in [0.25, 0.3) is 122 Å². The molecule has 13 rings (SSSR count). The second-order valence-corrected chi connectivity index (χ2v) is 15.7. The Morgan fingerprint density at radius 3 is 1.55 bits per heavy atom. The van der Waals surface area contributed by atoms with E-state index in [4.69, 9.17) is 15.0 Å². The maximum atomic E-state index is 5.17. The third kappa shape index (κ3) is 4.90. The second-order valence-electron chi connectivity index (χ2n) is 15.7. The Labute approximate surface area is 344 Å². The van der Waals surface area contributed by atoms with Crippen molar-refractivity contribution in [2.75, 3.05) is 0 Å². The predicted octanol–water partition coefficient (Wildman–Crippen LogP) is 13.9. The molecule has 13 aromatic rings. The smallest absolute Gasteiger partial charge is 0.164 e. The van der Waals surface area contributed by atoms with E-state index in [0.29, 0.717) is 17.5 Å². The lowest BCUT2D eigenvalue weighted by Crippen LogP contribution is -2.01. The summed E-state index contributed by atoms with van der Waals surface area (Å²) in [6.45, 7) is 0. The summed E-state index contributed by atoms with van der Waals surface area (Å²) in [6, 6.07) is 71.4. The Hall–Kier alpha value is -8.15. The number of fused-ring (bicyclic) bond motifs is 10. The number of para-hydroxylation sites is 2. The zero-order valence-corrected chi connectivity index (χ0v) is 32.3. The molecule has 5 heteroatoms. The van der Waals surface area contributed by atoms with Crippen molar-refractivity contribution < 1.29 is 0 Å². The average Bonchev–Trinajstić information content (AvgIpc) is 3.95. The van der Waals surface area contributed by atoms with Crippen LogP contribution in [0.15, 0.2) is 200 Å². The number of hydrogen-bond acceptors (Lipinski definition) is 3. The predicted molar refractivity (Wildman–Crippen MR) is 248 cm³/mol. The third-order valence-corrected chi connectivity index (χ3v) is 12.3. The summed E-state index contributed by atoms with van der Waals surface area (Å²) in [5, 5.41) is 9.97. The van der Waals surface area contributed by atoms with Crippen LogP contribution in [-0.2, 0) is 0 Å². The van der Waals surface area contributed by atoms with E-state index in [1.165, 1.54) is 65.2 Å². The highest BCUT2D eigenvalue weighted by molar-refractivity contribution is 6.26. The molecule has 0 atom stereocenters. The fourth-order valence-electron chi connectivity index (χ4n) is 9.48. The molecule has 4 heterocycles. The molecule has 60 heavy (non-hydrogen) atoms. The highest BCUT2D eigenvalue weighted by Gasteiger charge is 2.22. The standard InChI is InChI=1S/C55H33N5/c1-3-13-34(14-4-1)35-25-27-37(28-26-35)54-56-53(36-15-5-2-6-16-36)57-55(58-54)40-19-11-20-41(29-40)59-49-31-39-18-8-7-17-38(39)30-45(49)47-32-46-44-23-12-22-43-42-21-9-10-24-48(42)60(52(43)44)51(46)33-50(47)59/h1-33H. The SMILES string of the molecule is c1ccc(-c2ccc(-c3nc(-c4ccccc4)nc(-c4cccc(-n5c6cc7ccccc7cc6c6cc7c8cccc9c%10ccccc%10n(c7cc65)c98)c4)n3)cc2)cc1. The minimum absolute atomic E-state index is 0.622. The Morgan fingerprint density at radius 1 is 0.283 bits per heavy atom. The van der Waals surface area contributed by atoms with E-state index in [1.807, 2.05) is 24.3 Å². The van der Waals surface area contributed by atoms with Crippen molar-refractivity contribution in [2.45, 2.75) is 0 Å². The summed E-state index contributed by atoms with van der Waals surface area (Å²) in [5.74, 6) is 1.89. The Bertz CT molecular complexity index is 3810. The number of rotatable bonds is 5. The molecule has 0 saturated heterocycles. The topological polar surface area (TPSA) is 48.0 Å². The van der Waals surface area contributed by atoms with Crippen LogP contribution in [0, 0.1) is 0 Å². The molecular formula is C55H33N5. The highest BCUT2D eigenvalue weighted by atomic mass is 15.0. The van der Waals surface area contributed by atoms with Gasteiger partial charge in [0, 0.05) is 54.7 Å². The molecule has 0 aliphatic carbocycles. The van der Waals surface area contributed by atoms with E-state index in [-0.39, 0.29) is 0 Å². The lowest BCUT2D eigenvalue weighted by molar-refractivity contribution is 1.07. The first-order valence-corrected chi connectivity index (χ1v) is 20.4. The van der Waals surface area contributed by atoms with Crippen LogP contribution in [0.3, 0.4) is 0 Å². The molecule has 0 radical (unpaired) electrons. The normalized spacial score (nSPS) is 12.0. The van der Waals surface area contributed by atoms with E-state index >= 15 is 0 Å². The molecule has 278 valence electrons. The molecule has 0 aliphatic heterocycles. The van der Waals surface area contributed by atoms with Crippen molar-refractivity contribution >= 4 is 70.7 Å². The van der Waals surface area contributed by atoms with E-state index in [0.717, 1.165) is 39.0 Å². The Kier molecular flexibility index (Phi) is 6.95. The van der Waals surface area contributed by atoms with Gasteiger partial charge in [-0.25, -0.2) is 15.0 Å². The fraction of sp³-hybridized carbons (Fsp3) is 0. The van der Waals surface area contributed by atoms with Gasteiger partial charge in [0.05, 0.1) is 27.6 Å². The quantitative estimate of drug-likeness (QED) is 0.175. The van der Waals surface area contributed by atoms with Gasteiger partial charge in [0.1, 0.15) is 0 Å². The summed E-state index contributed by atoms with van der Waals surface area (Å²) in [5.41, 5.74) is 12.1. The summed E-state index contributed by atoms with van der Waals surface area (Å²) in [7, 11) is 0. The minimum atomic E-state index is 0.622. The number of nitrogens with zero attached hydrogens (tertiary/aromatic N) is 5. The first-order valence-electron chi connectivity index (χ1n) is 20.4. The maximum absolute atomic E-state index is 5.17. The lowest BCUT2D eigenvalue weighted by Gasteiger charge is -2.12. The van der Waals surface area contributed by atoms with Crippen molar-refractivity contribution in [3.63, 3.8) is 0 Å². The highest BCUT2D eigenvalue weighted by Crippen LogP contribution is 2.43. The second kappa shape index (κ2) is 12.7. The van der Waals surface area contributed by atoms with Gasteiger partial charge in [0.25, 0.3) is 0 Å². The molecule has 0 unspecified atom stereocenters. The van der Waals surface area contributed by atoms with Gasteiger partial charge in [-0.3, -0.25) is 0 Å². The Morgan fingerprint density at radius 2 is 0.783 bits per heavy atom. The molecule has 0 bridgehead atoms. The van der Waals surface area contributed by atoms with Crippen LogP contribution in [0.5, 0.6) is 0 Å². The third-order valence-electron chi connectivity index (χ3n) is 12.3. The van der Waals surface area contributed by atoms with Crippen LogP contribution in [0.4, 0.5) is 0 Å². The minimum Gasteiger partial charge on any atom is -0.309 e. The largest absolute Gasteiger partial charge is 0.309 e. The molecule has 0 fully saturated rings. The first-order chi connectivity index (χ1) is 29.7. The van der Waals surface area contributed by atoms with Crippen molar-refractivity contribution in [1.82, 2.24) is 23.9 Å². The molecule has 0 aliphatic rings. The van der Waals surface area contributed by atoms with E-state index in [2.05, 4.69) is 185 Å². The van der Waals surface area contributed by atoms with Crippen LogP contribution < -0.4 is 0 Å².